The van der Waals surface area contributed by atoms with Gasteiger partial charge in [0.2, 0.25) is 0 Å². The van der Waals surface area contributed by atoms with Crippen LogP contribution in [0.4, 0.5) is 0 Å². The summed E-state index contributed by atoms with van der Waals surface area (Å²) in [6.07, 6.45) is 1.26. The molecule has 0 unspecified atom stereocenters. The van der Waals surface area contributed by atoms with Crippen molar-refractivity contribution in [2.75, 3.05) is 26.2 Å². The van der Waals surface area contributed by atoms with Crippen molar-refractivity contribution in [3.8, 4) is 0 Å². The van der Waals surface area contributed by atoms with Crippen LogP contribution in [0.2, 0.25) is 0 Å². The molecule has 2 aromatic rings. The average Bonchev–Trinajstić information content (AvgIpc) is 2.67. The highest BCUT2D eigenvalue weighted by molar-refractivity contribution is 5.82. The number of nitrogens with one attached hydrogen (secondary N) is 1. The van der Waals surface area contributed by atoms with Gasteiger partial charge in [-0.15, -0.1) is 0 Å². The Morgan fingerprint density at radius 3 is 2.78 bits per heavy atom. The van der Waals surface area contributed by atoms with Gasteiger partial charge in [-0.25, -0.2) is 0 Å². The van der Waals surface area contributed by atoms with Gasteiger partial charge in [0.05, 0.1) is 0 Å². The lowest BCUT2D eigenvalue weighted by molar-refractivity contribution is 0.284. The van der Waals surface area contributed by atoms with Crippen molar-refractivity contribution in [1.29, 1.82) is 0 Å². The van der Waals surface area contributed by atoms with Crippen LogP contribution in [0.15, 0.2) is 42.5 Å². The maximum absolute atomic E-state index is 3.45. The second-order valence-corrected chi connectivity index (χ2v) is 5.06. The molecular formula is C16H20N2. The lowest BCUT2D eigenvalue weighted by atomic mass is 10.1. The molecule has 1 N–H and O–H groups in total. The molecule has 0 radical (unpaired) electrons. The van der Waals surface area contributed by atoms with Gasteiger partial charge in [-0.1, -0.05) is 36.4 Å². The molecule has 1 saturated heterocycles. The van der Waals surface area contributed by atoms with E-state index in [1.807, 2.05) is 0 Å². The van der Waals surface area contributed by atoms with Crippen LogP contribution in [0.25, 0.3) is 10.8 Å². The Hall–Kier alpha value is -1.38. The van der Waals surface area contributed by atoms with Crippen LogP contribution in [0, 0.1) is 0 Å². The standard InChI is InChI=1S/C16H20N2/c1-2-5-16-12-14(6-7-15(16)4-1)13-18-10-3-8-17-9-11-18/h1-2,4-7,12,17H,3,8-11,13H2. The van der Waals surface area contributed by atoms with E-state index < -0.39 is 0 Å². The van der Waals surface area contributed by atoms with Gasteiger partial charge in [-0.05, 0) is 41.9 Å². The van der Waals surface area contributed by atoms with Gasteiger partial charge >= 0.3 is 0 Å². The predicted octanol–water partition coefficient (Wildman–Crippen LogP) is 2.64. The van der Waals surface area contributed by atoms with Gasteiger partial charge < -0.3 is 5.32 Å². The Bertz CT molecular complexity index is 513. The summed E-state index contributed by atoms with van der Waals surface area (Å²) in [6.45, 7) is 5.72. The first-order valence-corrected chi connectivity index (χ1v) is 6.82. The maximum Gasteiger partial charge on any atom is 0.0234 e. The Morgan fingerprint density at radius 2 is 1.83 bits per heavy atom. The van der Waals surface area contributed by atoms with Gasteiger partial charge in [0.15, 0.2) is 0 Å². The summed E-state index contributed by atoms with van der Waals surface area (Å²) in [7, 11) is 0. The van der Waals surface area contributed by atoms with Crippen molar-refractivity contribution in [1.82, 2.24) is 10.2 Å². The number of hydrogen-bond donors (Lipinski definition) is 1. The third-order valence-corrected chi connectivity index (χ3v) is 3.65. The molecule has 0 saturated carbocycles. The predicted molar refractivity (Wildman–Crippen MR) is 76.7 cm³/mol. The first-order valence-electron chi connectivity index (χ1n) is 6.82. The normalized spacial score (nSPS) is 17.8. The minimum Gasteiger partial charge on any atom is -0.315 e. The van der Waals surface area contributed by atoms with Crippen molar-refractivity contribution >= 4 is 10.8 Å². The smallest absolute Gasteiger partial charge is 0.0234 e. The zero-order valence-electron chi connectivity index (χ0n) is 10.7. The van der Waals surface area contributed by atoms with Crippen molar-refractivity contribution < 1.29 is 0 Å². The highest BCUT2D eigenvalue weighted by Crippen LogP contribution is 2.17. The number of nitrogens with zero attached hydrogens (tertiary/aromatic N) is 1. The van der Waals surface area contributed by atoms with Crippen molar-refractivity contribution in [3.63, 3.8) is 0 Å². The summed E-state index contributed by atoms with van der Waals surface area (Å²) < 4.78 is 0. The van der Waals surface area contributed by atoms with Gasteiger partial charge in [-0.2, -0.15) is 0 Å². The van der Waals surface area contributed by atoms with Crippen molar-refractivity contribution in [3.05, 3.63) is 48.0 Å². The van der Waals surface area contributed by atoms with Gasteiger partial charge in [0.25, 0.3) is 0 Å². The fourth-order valence-corrected chi connectivity index (χ4v) is 2.66. The van der Waals surface area contributed by atoms with Gasteiger partial charge in [0, 0.05) is 19.6 Å². The SMILES string of the molecule is c1ccc2cc(CN3CCCNCC3)ccc2c1. The lowest BCUT2D eigenvalue weighted by Gasteiger charge is -2.19. The van der Waals surface area contributed by atoms with E-state index in [0.717, 1.165) is 26.2 Å². The largest absolute Gasteiger partial charge is 0.315 e. The van der Waals surface area contributed by atoms with Gasteiger partial charge in [0.1, 0.15) is 0 Å². The van der Waals surface area contributed by atoms with Crippen LogP contribution < -0.4 is 5.32 Å². The highest BCUT2D eigenvalue weighted by atomic mass is 15.1. The molecule has 1 heterocycles. The first kappa shape index (κ1) is 11.7. The van der Waals surface area contributed by atoms with Crippen molar-refractivity contribution in [2.24, 2.45) is 0 Å². The highest BCUT2D eigenvalue weighted by Gasteiger charge is 2.08. The summed E-state index contributed by atoms with van der Waals surface area (Å²) in [5, 5.41) is 6.13. The third kappa shape index (κ3) is 2.71. The zero-order chi connectivity index (χ0) is 12.2. The molecule has 1 fully saturated rings. The molecule has 18 heavy (non-hydrogen) atoms. The van der Waals surface area contributed by atoms with E-state index in [-0.39, 0.29) is 0 Å². The lowest BCUT2D eigenvalue weighted by Crippen LogP contribution is -2.27. The molecule has 1 aliphatic rings. The van der Waals surface area contributed by atoms with E-state index in [9.17, 15) is 0 Å². The zero-order valence-corrected chi connectivity index (χ0v) is 10.7. The number of fused-ring (bicyclic) bond motifs is 1. The number of hydrogen-bond acceptors (Lipinski definition) is 2. The van der Waals surface area contributed by atoms with Crippen LogP contribution in [-0.4, -0.2) is 31.1 Å². The molecular weight excluding hydrogens is 220 g/mol. The monoisotopic (exact) mass is 240 g/mol. The number of rotatable bonds is 2. The Kier molecular flexibility index (Phi) is 3.58. The maximum atomic E-state index is 3.45. The van der Waals surface area contributed by atoms with Crippen LogP contribution in [0.3, 0.4) is 0 Å². The summed E-state index contributed by atoms with van der Waals surface area (Å²) in [6, 6.07) is 15.4. The molecule has 94 valence electrons. The second-order valence-electron chi connectivity index (χ2n) is 5.06. The Morgan fingerprint density at radius 1 is 0.944 bits per heavy atom. The van der Waals surface area contributed by atoms with Gasteiger partial charge in [-0.3, -0.25) is 4.90 Å². The van der Waals surface area contributed by atoms with E-state index in [1.165, 1.54) is 29.3 Å². The minimum atomic E-state index is 1.08. The molecule has 0 aromatic heterocycles. The molecule has 2 aromatic carbocycles. The summed E-state index contributed by atoms with van der Waals surface area (Å²) in [5.41, 5.74) is 1.43. The molecule has 0 amide bonds. The molecule has 2 heteroatoms. The molecule has 3 rings (SSSR count). The van der Waals surface area contributed by atoms with E-state index in [0.29, 0.717) is 0 Å². The number of benzene rings is 2. The third-order valence-electron chi connectivity index (χ3n) is 3.65. The topological polar surface area (TPSA) is 15.3 Å². The van der Waals surface area contributed by atoms with Crippen LogP contribution in [-0.2, 0) is 6.54 Å². The first-order chi connectivity index (χ1) is 8.92. The Labute approximate surface area is 109 Å². The van der Waals surface area contributed by atoms with E-state index in [1.54, 1.807) is 0 Å². The molecule has 0 spiro atoms. The Balaban J connectivity index is 1.77. The fourth-order valence-electron chi connectivity index (χ4n) is 2.66. The summed E-state index contributed by atoms with van der Waals surface area (Å²) in [5.74, 6) is 0. The van der Waals surface area contributed by atoms with E-state index in [4.69, 9.17) is 0 Å². The molecule has 0 bridgehead atoms. The second kappa shape index (κ2) is 5.51. The molecule has 2 nitrogen and oxygen atoms in total. The summed E-state index contributed by atoms with van der Waals surface area (Å²) >= 11 is 0. The molecule has 1 aliphatic heterocycles. The fraction of sp³-hybridized carbons (Fsp3) is 0.375. The van der Waals surface area contributed by atoms with Crippen molar-refractivity contribution in [2.45, 2.75) is 13.0 Å². The van der Waals surface area contributed by atoms with Crippen LogP contribution >= 0.6 is 0 Å². The van der Waals surface area contributed by atoms with Crippen LogP contribution in [0.1, 0.15) is 12.0 Å². The van der Waals surface area contributed by atoms with E-state index >= 15 is 0 Å². The minimum absolute atomic E-state index is 1.08. The average molecular weight is 240 g/mol. The molecule has 0 atom stereocenters. The quantitative estimate of drug-likeness (QED) is 0.868. The summed E-state index contributed by atoms with van der Waals surface area (Å²) in [4.78, 5) is 2.55. The molecule has 0 aliphatic carbocycles. The van der Waals surface area contributed by atoms with Crippen LogP contribution in [0.5, 0.6) is 0 Å². The van der Waals surface area contributed by atoms with E-state index in [2.05, 4.69) is 52.7 Å².